The molecule has 0 fully saturated rings. The molecule has 3 heterocycles. The van der Waals surface area contributed by atoms with E-state index in [0.717, 1.165) is 0 Å². The van der Waals surface area contributed by atoms with E-state index in [1.807, 2.05) is 6.07 Å². The number of ether oxygens (including phenoxy) is 1. The first kappa shape index (κ1) is 20.6. The van der Waals surface area contributed by atoms with Gasteiger partial charge >= 0.3 is 0 Å². The normalized spacial score (nSPS) is 15.2. The second-order valence-corrected chi connectivity index (χ2v) is 5.28. The van der Waals surface area contributed by atoms with Crippen LogP contribution in [0.4, 0.5) is 19.0 Å². The Morgan fingerprint density at radius 1 is 1.36 bits per heavy atom. The number of alkyl halides is 2. The van der Waals surface area contributed by atoms with Gasteiger partial charge in [-0.15, -0.1) is 0 Å². The number of aromatic nitrogens is 2. The van der Waals surface area contributed by atoms with Gasteiger partial charge in [-0.1, -0.05) is 0 Å². The SMILES string of the molecule is FCF.N#Cc1ccc(C(=O)Nc2ccc(F)c(C3CCOC(N)=N3)n2)nc1. The van der Waals surface area contributed by atoms with Crippen LogP contribution < -0.4 is 11.1 Å². The molecule has 1 unspecified atom stereocenters. The van der Waals surface area contributed by atoms with Gasteiger partial charge in [0.25, 0.3) is 11.9 Å². The minimum absolute atomic E-state index is 0.0197. The lowest BCUT2D eigenvalue weighted by atomic mass is 10.1. The summed E-state index contributed by atoms with van der Waals surface area (Å²) >= 11 is 0. The highest BCUT2D eigenvalue weighted by Gasteiger charge is 2.22. The number of nitriles is 1. The fourth-order valence-electron chi connectivity index (χ4n) is 2.26. The van der Waals surface area contributed by atoms with Crippen LogP contribution in [-0.2, 0) is 4.74 Å². The molecule has 0 saturated carbocycles. The smallest absolute Gasteiger partial charge is 0.282 e. The molecule has 28 heavy (non-hydrogen) atoms. The van der Waals surface area contributed by atoms with Gasteiger partial charge in [-0.2, -0.15) is 5.26 Å². The molecule has 1 aliphatic heterocycles. The third-order valence-corrected chi connectivity index (χ3v) is 3.48. The van der Waals surface area contributed by atoms with Crippen LogP contribution in [-0.4, -0.2) is 35.4 Å². The van der Waals surface area contributed by atoms with Crippen molar-refractivity contribution in [2.75, 3.05) is 18.9 Å². The number of amidine groups is 1. The van der Waals surface area contributed by atoms with Crippen molar-refractivity contribution >= 4 is 17.7 Å². The Morgan fingerprint density at radius 2 is 2.11 bits per heavy atom. The van der Waals surface area contributed by atoms with Crippen molar-refractivity contribution in [2.24, 2.45) is 10.7 Å². The molecule has 0 aromatic carbocycles. The highest BCUT2D eigenvalue weighted by Crippen LogP contribution is 2.26. The number of nitrogens with zero attached hydrogens (tertiary/aromatic N) is 4. The Bertz CT molecular complexity index is 899. The molecule has 0 saturated heterocycles. The number of nitrogens with two attached hydrogens (primary N) is 1. The molecule has 1 aliphatic rings. The van der Waals surface area contributed by atoms with Crippen LogP contribution in [0.1, 0.15) is 34.2 Å². The Labute approximate surface area is 157 Å². The van der Waals surface area contributed by atoms with Crippen molar-refractivity contribution in [1.82, 2.24) is 9.97 Å². The number of carbonyl (C=O) groups is 1. The van der Waals surface area contributed by atoms with Gasteiger partial charge in [0.05, 0.1) is 12.2 Å². The maximum atomic E-state index is 14.1. The molecule has 1 amide bonds. The summed E-state index contributed by atoms with van der Waals surface area (Å²) in [6, 6.07) is 6.76. The molecule has 146 valence electrons. The van der Waals surface area contributed by atoms with Crippen molar-refractivity contribution < 1.29 is 22.7 Å². The molecule has 8 nitrogen and oxygen atoms in total. The predicted molar refractivity (Wildman–Crippen MR) is 93.1 cm³/mol. The maximum absolute atomic E-state index is 14.1. The van der Waals surface area contributed by atoms with Crippen LogP contribution >= 0.6 is 0 Å². The number of amides is 1. The second kappa shape index (κ2) is 9.86. The van der Waals surface area contributed by atoms with E-state index in [9.17, 15) is 18.0 Å². The Morgan fingerprint density at radius 3 is 2.71 bits per heavy atom. The van der Waals surface area contributed by atoms with Crippen molar-refractivity contribution in [3.05, 3.63) is 53.2 Å². The zero-order valence-corrected chi connectivity index (χ0v) is 14.4. The quantitative estimate of drug-likeness (QED) is 0.826. The standard InChI is InChI=1S/C16H13FN6O2.CH2F2/c17-10-2-4-13(22-14(10)11-5-6-25-16(19)21-11)23-15(24)12-3-1-9(7-18)8-20-12;2-1-3/h1-4,8,11H,5-6H2,(H2,19,21)(H,22,23,24);1H2. The molecule has 11 heteroatoms. The zero-order chi connectivity index (χ0) is 20.5. The average molecular weight is 392 g/mol. The van der Waals surface area contributed by atoms with Gasteiger partial charge < -0.3 is 15.8 Å². The fraction of sp³-hybridized carbons (Fsp3) is 0.235. The molecule has 0 bridgehead atoms. The number of nitrogens with one attached hydrogen (secondary N) is 1. The molecule has 0 spiro atoms. The van der Waals surface area contributed by atoms with E-state index in [1.54, 1.807) is 0 Å². The highest BCUT2D eigenvalue weighted by atomic mass is 19.3. The number of hydrogen-bond donors (Lipinski definition) is 2. The Balaban J connectivity index is 0.000000878. The summed E-state index contributed by atoms with van der Waals surface area (Å²) in [6.07, 6.45) is 1.72. The van der Waals surface area contributed by atoms with Gasteiger partial charge in [0.15, 0.2) is 0 Å². The minimum Gasteiger partial charge on any atom is -0.465 e. The first-order valence-corrected chi connectivity index (χ1v) is 7.90. The predicted octanol–water partition coefficient (Wildman–Crippen LogP) is 2.40. The van der Waals surface area contributed by atoms with Crippen LogP contribution in [0.2, 0.25) is 0 Å². The first-order chi connectivity index (χ1) is 13.5. The molecule has 1 atom stereocenters. The third-order valence-electron chi connectivity index (χ3n) is 3.48. The van der Waals surface area contributed by atoms with E-state index in [-0.39, 0.29) is 23.2 Å². The zero-order valence-electron chi connectivity index (χ0n) is 14.4. The number of halogens is 3. The molecular weight excluding hydrogens is 377 g/mol. The lowest BCUT2D eigenvalue weighted by molar-refractivity contribution is 0.102. The molecule has 0 aliphatic carbocycles. The summed E-state index contributed by atoms with van der Waals surface area (Å²) in [4.78, 5) is 24.2. The van der Waals surface area contributed by atoms with Crippen molar-refractivity contribution in [1.29, 1.82) is 5.26 Å². The van der Waals surface area contributed by atoms with Gasteiger partial charge in [-0.05, 0) is 24.3 Å². The molecule has 3 rings (SSSR count). The van der Waals surface area contributed by atoms with Gasteiger partial charge in [-0.3, -0.25) is 4.79 Å². The number of carbonyl (C=O) groups excluding carboxylic acids is 1. The summed E-state index contributed by atoms with van der Waals surface area (Å²) in [5.41, 5.74) is 6.04. The summed E-state index contributed by atoms with van der Waals surface area (Å²) in [6.45, 7) is -1.44. The van der Waals surface area contributed by atoms with Gasteiger partial charge in [0.2, 0.25) is 6.93 Å². The Hall–Kier alpha value is -3.68. The van der Waals surface area contributed by atoms with E-state index in [2.05, 4.69) is 20.3 Å². The second-order valence-electron chi connectivity index (χ2n) is 5.28. The summed E-state index contributed by atoms with van der Waals surface area (Å²) in [7, 11) is 0. The molecule has 2 aromatic heterocycles. The third kappa shape index (κ3) is 5.41. The van der Waals surface area contributed by atoms with Crippen molar-refractivity contribution in [3.63, 3.8) is 0 Å². The Kier molecular flexibility index (Phi) is 7.27. The number of hydrogen-bond acceptors (Lipinski definition) is 7. The number of rotatable bonds is 3. The lowest BCUT2D eigenvalue weighted by Gasteiger charge is -2.19. The van der Waals surface area contributed by atoms with E-state index in [4.69, 9.17) is 15.7 Å². The van der Waals surface area contributed by atoms with Crippen molar-refractivity contribution in [3.8, 4) is 6.07 Å². The molecular formula is C17H15F3N6O2. The van der Waals surface area contributed by atoms with Gasteiger partial charge in [0, 0.05) is 12.6 Å². The number of anilines is 1. The number of pyridine rings is 2. The highest BCUT2D eigenvalue weighted by molar-refractivity contribution is 6.02. The van der Waals surface area contributed by atoms with Crippen LogP contribution in [0.25, 0.3) is 0 Å². The average Bonchev–Trinajstić information content (AvgIpc) is 2.70. The molecule has 3 N–H and O–H groups in total. The monoisotopic (exact) mass is 392 g/mol. The van der Waals surface area contributed by atoms with E-state index >= 15 is 0 Å². The number of aliphatic imine (C=N–C) groups is 1. The van der Waals surface area contributed by atoms with Crippen LogP contribution in [0.15, 0.2) is 35.5 Å². The van der Waals surface area contributed by atoms with E-state index in [0.29, 0.717) is 18.6 Å². The fourth-order valence-corrected chi connectivity index (χ4v) is 2.26. The lowest BCUT2D eigenvalue weighted by Crippen LogP contribution is -2.24. The van der Waals surface area contributed by atoms with E-state index < -0.39 is 24.7 Å². The van der Waals surface area contributed by atoms with Crippen LogP contribution in [0, 0.1) is 17.1 Å². The van der Waals surface area contributed by atoms with Gasteiger partial charge in [-0.25, -0.2) is 28.1 Å². The summed E-state index contributed by atoms with van der Waals surface area (Å²) in [5, 5.41) is 11.3. The summed E-state index contributed by atoms with van der Waals surface area (Å²) < 4.78 is 38.3. The molecule has 2 aromatic rings. The molecule has 0 radical (unpaired) electrons. The first-order valence-electron chi connectivity index (χ1n) is 7.90. The van der Waals surface area contributed by atoms with Gasteiger partial charge in [0.1, 0.15) is 35.1 Å². The topological polar surface area (TPSA) is 126 Å². The van der Waals surface area contributed by atoms with E-state index in [1.165, 1.54) is 30.5 Å². The summed E-state index contributed by atoms with van der Waals surface area (Å²) in [5.74, 6) is -0.907. The minimum atomic E-state index is -1.75. The van der Waals surface area contributed by atoms with Crippen molar-refractivity contribution in [2.45, 2.75) is 12.5 Å². The largest absolute Gasteiger partial charge is 0.465 e. The maximum Gasteiger partial charge on any atom is 0.282 e. The van der Waals surface area contributed by atoms with Crippen LogP contribution in [0.5, 0.6) is 0 Å². The van der Waals surface area contributed by atoms with Crippen LogP contribution in [0.3, 0.4) is 0 Å².